The number of aromatic amines is 1. The lowest BCUT2D eigenvalue weighted by atomic mass is 9.91. The maximum absolute atomic E-state index is 6.31. The summed E-state index contributed by atoms with van der Waals surface area (Å²) in [6.45, 7) is 11.6. The number of nitrogens with one attached hydrogen (secondary N) is 2. The molecule has 1 saturated heterocycles. The summed E-state index contributed by atoms with van der Waals surface area (Å²) in [5.74, 6) is 2.31. The van der Waals surface area contributed by atoms with E-state index in [0.29, 0.717) is 27.3 Å². The van der Waals surface area contributed by atoms with Gasteiger partial charge in [-0.3, -0.25) is 10.1 Å². The van der Waals surface area contributed by atoms with Crippen molar-refractivity contribution in [1.82, 2.24) is 25.5 Å². The molecule has 4 heterocycles. The number of fused-ring (bicyclic) bond motifs is 1. The predicted molar refractivity (Wildman–Crippen MR) is 146 cm³/mol. The van der Waals surface area contributed by atoms with Crippen molar-refractivity contribution < 1.29 is 4.74 Å². The largest absolute Gasteiger partial charge is 0.486 e. The summed E-state index contributed by atoms with van der Waals surface area (Å²) in [6.07, 6.45) is 4.67. The van der Waals surface area contributed by atoms with E-state index in [1.807, 2.05) is 31.3 Å². The lowest BCUT2D eigenvalue weighted by molar-refractivity contribution is 0.227. The quantitative estimate of drug-likeness (QED) is 0.282. The molecule has 1 atom stereocenters. The highest BCUT2D eigenvalue weighted by Gasteiger charge is 2.38. The van der Waals surface area contributed by atoms with Gasteiger partial charge in [0.2, 0.25) is 0 Å². The summed E-state index contributed by atoms with van der Waals surface area (Å²) in [4.78, 5) is 11.0. The second-order valence-corrected chi connectivity index (χ2v) is 11.0. The number of aromatic nitrogens is 4. The van der Waals surface area contributed by atoms with Crippen LogP contribution < -0.4 is 15.0 Å². The summed E-state index contributed by atoms with van der Waals surface area (Å²) >= 11 is 12.6. The summed E-state index contributed by atoms with van der Waals surface area (Å²) in [5.41, 5.74) is 3.54. The maximum Gasteiger partial charge on any atom is 0.128 e. The van der Waals surface area contributed by atoms with Crippen molar-refractivity contribution >= 4 is 39.9 Å². The third kappa shape index (κ3) is 5.01. The molecule has 0 radical (unpaired) electrons. The van der Waals surface area contributed by atoms with E-state index in [-0.39, 0.29) is 11.6 Å². The van der Waals surface area contributed by atoms with E-state index in [1.54, 1.807) is 12.4 Å². The van der Waals surface area contributed by atoms with Gasteiger partial charge in [-0.15, -0.1) is 0 Å². The zero-order valence-electron chi connectivity index (χ0n) is 20.8. The van der Waals surface area contributed by atoms with Gasteiger partial charge in [-0.05, 0) is 56.6 Å². The van der Waals surface area contributed by atoms with Crippen molar-refractivity contribution in [2.75, 3.05) is 24.5 Å². The van der Waals surface area contributed by atoms with Crippen LogP contribution in [0.2, 0.25) is 10.0 Å². The van der Waals surface area contributed by atoms with Crippen LogP contribution in [-0.2, 0) is 0 Å². The molecule has 1 fully saturated rings. The molecule has 4 aromatic rings. The van der Waals surface area contributed by atoms with Crippen LogP contribution in [-0.4, -0.2) is 45.3 Å². The molecule has 0 amide bonds. The summed E-state index contributed by atoms with van der Waals surface area (Å²) < 4.78 is 6.19. The van der Waals surface area contributed by atoms with E-state index in [9.17, 15) is 0 Å². The Morgan fingerprint density at radius 1 is 1.08 bits per heavy atom. The van der Waals surface area contributed by atoms with Gasteiger partial charge < -0.3 is 15.0 Å². The fourth-order valence-corrected chi connectivity index (χ4v) is 5.26. The molecule has 9 heteroatoms. The van der Waals surface area contributed by atoms with Crippen LogP contribution in [0.3, 0.4) is 0 Å². The van der Waals surface area contributed by atoms with Gasteiger partial charge in [-0.2, -0.15) is 5.10 Å². The Balaban J connectivity index is 1.32. The first-order valence-electron chi connectivity index (χ1n) is 12.1. The van der Waals surface area contributed by atoms with E-state index in [4.69, 9.17) is 32.9 Å². The van der Waals surface area contributed by atoms with E-state index in [2.05, 4.69) is 58.3 Å². The van der Waals surface area contributed by atoms with Crippen molar-refractivity contribution in [3.63, 3.8) is 0 Å². The summed E-state index contributed by atoms with van der Waals surface area (Å²) in [6, 6.07) is 9.97. The Hall–Kier alpha value is -2.87. The highest BCUT2D eigenvalue weighted by Crippen LogP contribution is 2.35. The average Bonchev–Trinajstić information content (AvgIpc) is 3.24. The molecule has 2 N–H and O–H groups in total. The van der Waals surface area contributed by atoms with Gasteiger partial charge >= 0.3 is 0 Å². The first-order valence-corrected chi connectivity index (χ1v) is 12.9. The van der Waals surface area contributed by atoms with Gasteiger partial charge in [0, 0.05) is 48.2 Å². The summed E-state index contributed by atoms with van der Waals surface area (Å²) in [7, 11) is 0. The predicted octanol–water partition coefficient (Wildman–Crippen LogP) is 6.29. The molecular weight excluding hydrogens is 495 g/mol. The molecule has 0 spiro atoms. The zero-order chi connectivity index (χ0) is 25.4. The Bertz CT molecular complexity index is 1340. The number of hydrogen-bond acceptors (Lipinski definition) is 6. The van der Waals surface area contributed by atoms with Crippen LogP contribution in [0, 0.1) is 5.92 Å². The zero-order valence-corrected chi connectivity index (χ0v) is 22.4. The van der Waals surface area contributed by atoms with Crippen LogP contribution in [0.15, 0.2) is 48.9 Å². The van der Waals surface area contributed by atoms with E-state index < -0.39 is 0 Å². The number of nitrogens with zero attached hydrogens (tertiary/aromatic N) is 4. The van der Waals surface area contributed by atoms with Gasteiger partial charge in [0.25, 0.3) is 0 Å². The molecule has 1 aliphatic rings. The third-order valence-corrected chi connectivity index (χ3v) is 7.11. The van der Waals surface area contributed by atoms with Gasteiger partial charge in [-0.25, -0.2) is 4.98 Å². The van der Waals surface area contributed by atoms with Gasteiger partial charge in [0.1, 0.15) is 23.4 Å². The molecular formula is C27H30Cl2N6O. The van der Waals surface area contributed by atoms with Gasteiger partial charge in [-0.1, -0.05) is 37.0 Å². The van der Waals surface area contributed by atoms with Crippen LogP contribution in [0.4, 0.5) is 5.82 Å². The first-order chi connectivity index (χ1) is 17.2. The minimum absolute atomic E-state index is 0.140. The first kappa shape index (κ1) is 24.8. The minimum atomic E-state index is -0.348. The Morgan fingerprint density at radius 2 is 1.83 bits per heavy atom. The van der Waals surface area contributed by atoms with Crippen molar-refractivity contribution in [3.05, 3.63) is 64.5 Å². The molecule has 7 nitrogen and oxygen atoms in total. The molecule has 0 unspecified atom stereocenters. The standard InChI is InChI=1S/C27H30Cl2N6O/c1-16(2)10-32-27(4)14-35(15-27)24-8-5-18(11-31-24)26-20-9-19(6-7-23(20)33-34-26)36-17(3)25-21(28)12-30-13-22(25)29/h5-9,11-13,16-17,32H,10,14-15H2,1-4H3,(H,33,34)/t17-/m1/s1. The normalized spacial score (nSPS) is 15.8. The van der Waals surface area contributed by atoms with Crippen molar-refractivity contribution in [2.24, 2.45) is 5.92 Å². The van der Waals surface area contributed by atoms with Crippen LogP contribution in [0.5, 0.6) is 5.75 Å². The fourth-order valence-electron chi connectivity index (χ4n) is 4.59. The van der Waals surface area contributed by atoms with Gasteiger partial charge in [0.15, 0.2) is 0 Å². The van der Waals surface area contributed by atoms with Gasteiger partial charge in [0.05, 0.1) is 21.1 Å². The molecule has 0 saturated carbocycles. The molecule has 1 aliphatic heterocycles. The van der Waals surface area contributed by atoms with Crippen LogP contribution >= 0.6 is 23.2 Å². The number of pyridine rings is 2. The lowest BCUT2D eigenvalue weighted by Gasteiger charge is -2.49. The average molecular weight is 525 g/mol. The van der Waals surface area contributed by atoms with Crippen molar-refractivity contribution in [1.29, 1.82) is 0 Å². The van der Waals surface area contributed by atoms with E-state index >= 15 is 0 Å². The second-order valence-electron chi connectivity index (χ2n) is 10.2. The minimum Gasteiger partial charge on any atom is -0.486 e. The second kappa shape index (κ2) is 9.88. The number of hydrogen-bond donors (Lipinski definition) is 2. The number of H-pyrrole nitrogens is 1. The Morgan fingerprint density at radius 3 is 2.50 bits per heavy atom. The molecule has 0 aliphatic carbocycles. The highest BCUT2D eigenvalue weighted by atomic mass is 35.5. The van der Waals surface area contributed by atoms with Crippen LogP contribution in [0.1, 0.15) is 39.4 Å². The molecule has 5 rings (SSSR count). The molecule has 3 aromatic heterocycles. The Kier molecular flexibility index (Phi) is 6.81. The van der Waals surface area contributed by atoms with Crippen LogP contribution in [0.25, 0.3) is 22.2 Å². The maximum atomic E-state index is 6.31. The monoisotopic (exact) mass is 524 g/mol. The number of rotatable bonds is 8. The lowest BCUT2D eigenvalue weighted by Crippen LogP contribution is -2.68. The molecule has 1 aromatic carbocycles. The molecule has 188 valence electrons. The van der Waals surface area contributed by atoms with E-state index in [1.165, 1.54) is 0 Å². The highest BCUT2D eigenvalue weighted by molar-refractivity contribution is 6.35. The SMILES string of the molecule is CC(C)CNC1(C)CN(c2ccc(-c3n[nH]c4ccc(O[C@H](C)c5c(Cl)cncc5Cl)cc34)cn2)C1. The number of anilines is 1. The molecule has 36 heavy (non-hydrogen) atoms. The topological polar surface area (TPSA) is 79.0 Å². The fraction of sp³-hybridized carbons (Fsp3) is 0.370. The Labute approximate surface area is 221 Å². The van der Waals surface area contributed by atoms with E-state index in [0.717, 1.165) is 47.6 Å². The summed E-state index contributed by atoms with van der Waals surface area (Å²) in [5, 5.41) is 13.2. The third-order valence-electron chi connectivity index (χ3n) is 6.51. The van der Waals surface area contributed by atoms with Crippen molar-refractivity contribution in [2.45, 2.75) is 39.3 Å². The molecule has 0 bridgehead atoms. The number of benzene rings is 1. The number of halogens is 2. The smallest absolute Gasteiger partial charge is 0.128 e. The number of ether oxygens (including phenoxy) is 1. The van der Waals surface area contributed by atoms with Crippen molar-refractivity contribution in [3.8, 4) is 17.0 Å².